The Morgan fingerprint density at radius 3 is 2.42 bits per heavy atom. The van der Waals surface area contributed by atoms with Crippen molar-refractivity contribution in [2.75, 3.05) is 6.54 Å². The number of aromatic nitrogens is 2. The smallest absolute Gasteiger partial charge is 0.254 e. The summed E-state index contributed by atoms with van der Waals surface area (Å²) in [6.45, 7) is 10.1. The van der Waals surface area contributed by atoms with E-state index in [0.29, 0.717) is 18.8 Å². The van der Waals surface area contributed by atoms with Crippen molar-refractivity contribution >= 4 is 5.91 Å². The minimum atomic E-state index is 0.0740. The number of fused-ring (bicyclic) bond motifs is 1. The molecule has 0 saturated carbocycles. The average molecular weight is 322 g/mol. The van der Waals surface area contributed by atoms with E-state index in [1.165, 1.54) is 0 Å². The summed E-state index contributed by atoms with van der Waals surface area (Å²) in [5.41, 5.74) is 6.56. The van der Waals surface area contributed by atoms with Gasteiger partial charge in [-0.15, -0.1) is 0 Å². The molecule has 124 valence electrons. The zero-order chi connectivity index (χ0) is 17.4. The highest BCUT2D eigenvalue weighted by Crippen LogP contribution is 2.25. The van der Waals surface area contributed by atoms with Crippen LogP contribution in [0.1, 0.15) is 50.4 Å². The standard InChI is InChI=1S/C19H22N4O/c1-12-8-13(2)15(4)18(14(12)3)19(24)22-6-5-7-23-17(11-22)9-16(10-20)21-23/h8-9H,5-7,11H2,1-4H3. The summed E-state index contributed by atoms with van der Waals surface area (Å²) in [5.74, 6) is 0.0740. The molecule has 5 nitrogen and oxygen atoms in total. The maximum absolute atomic E-state index is 13.2. The zero-order valence-corrected chi connectivity index (χ0v) is 14.7. The van der Waals surface area contributed by atoms with Crippen LogP contribution in [0.15, 0.2) is 12.1 Å². The Kier molecular flexibility index (Phi) is 4.15. The van der Waals surface area contributed by atoms with Gasteiger partial charge in [-0.3, -0.25) is 9.48 Å². The first-order valence-corrected chi connectivity index (χ1v) is 8.26. The highest BCUT2D eigenvalue weighted by Gasteiger charge is 2.25. The molecule has 0 N–H and O–H groups in total. The summed E-state index contributed by atoms with van der Waals surface area (Å²) >= 11 is 0. The van der Waals surface area contributed by atoms with E-state index in [1.54, 1.807) is 6.07 Å². The number of carbonyl (C=O) groups is 1. The molecular weight excluding hydrogens is 300 g/mol. The Balaban J connectivity index is 1.98. The number of benzene rings is 1. The Morgan fingerprint density at radius 1 is 1.12 bits per heavy atom. The minimum absolute atomic E-state index is 0.0740. The summed E-state index contributed by atoms with van der Waals surface area (Å²) in [7, 11) is 0. The van der Waals surface area contributed by atoms with Crippen LogP contribution in [0.25, 0.3) is 0 Å². The van der Waals surface area contributed by atoms with E-state index in [4.69, 9.17) is 5.26 Å². The number of rotatable bonds is 1. The lowest BCUT2D eigenvalue weighted by atomic mass is 9.93. The Hall–Kier alpha value is -2.61. The Labute approximate surface area is 142 Å². The molecule has 0 spiro atoms. The van der Waals surface area contributed by atoms with Gasteiger partial charge in [-0.05, 0) is 62.4 Å². The molecule has 1 aromatic heterocycles. The summed E-state index contributed by atoms with van der Waals surface area (Å²) < 4.78 is 1.85. The first-order chi connectivity index (χ1) is 11.4. The van der Waals surface area contributed by atoms with Crippen LogP contribution in [0.2, 0.25) is 0 Å². The number of aryl methyl sites for hydroxylation is 3. The molecule has 0 radical (unpaired) electrons. The largest absolute Gasteiger partial charge is 0.333 e. The highest BCUT2D eigenvalue weighted by atomic mass is 16.2. The summed E-state index contributed by atoms with van der Waals surface area (Å²) in [6, 6.07) is 6.00. The molecule has 0 aliphatic carbocycles. The zero-order valence-electron chi connectivity index (χ0n) is 14.7. The fraction of sp³-hybridized carbons (Fsp3) is 0.421. The van der Waals surface area contributed by atoms with Gasteiger partial charge in [-0.25, -0.2) is 0 Å². The maximum Gasteiger partial charge on any atom is 0.254 e. The van der Waals surface area contributed by atoms with Crippen LogP contribution in [0.3, 0.4) is 0 Å². The van der Waals surface area contributed by atoms with E-state index in [-0.39, 0.29) is 5.91 Å². The van der Waals surface area contributed by atoms with E-state index < -0.39 is 0 Å². The van der Waals surface area contributed by atoms with Crippen molar-refractivity contribution in [3.8, 4) is 6.07 Å². The average Bonchev–Trinajstić information content (AvgIpc) is 2.84. The van der Waals surface area contributed by atoms with E-state index in [9.17, 15) is 4.79 Å². The molecule has 1 aromatic carbocycles. The molecule has 0 saturated heterocycles. The first-order valence-electron chi connectivity index (χ1n) is 8.26. The normalized spacial score (nSPS) is 14.0. The maximum atomic E-state index is 13.2. The fourth-order valence-corrected chi connectivity index (χ4v) is 3.39. The molecule has 3 rings (SSSR count). The van der Waals surface area contributed by atoms with Crippen molar-refractivity contribution < 1.29 is 4.79 Å². The molecule has 2 aromatic rings. The van der Waals surface area contributed by atoms with Crippen LogP contribution in [-0.2, 0) is 13.1 Å². The number of nitrogens with zero attached hydrogens (tertiary/aromatic N) is 4. The van der Waals surface area contributed by atoms with Crippen molar-refractivity contribution in [3.63, 3.8) is 0 Å². The van der Waals surface area contributed by atoms with Gasteiger partial charge in [0, 0.05) is 18.7 Å². The number of carbonyl (C=O) groups excluding carboxylic acids is 1. The third-order valence-corrected chi connectivity index (χ3v) is 5.00. The summed E-state index contributed by atoms with van der Waals surface area (Å²) in [5, 5.41) is 13.3. The van der Waals surface area contributed by atoms with Crippen molar-refractivity contribution in [1.29, 1.82) is 5.26 Å². The second kappa shape index (κ2) is 6.12. The van der Waals surface area contributed by atoms with Crippen LogP contribution in [0.5, 0.6) is 0 Å². The quantitative estimate of drug-likeness (QED) is 0.811. The van der Waals surface area contributed by atoms with Gasteiger partial charge in [-0.1, -0.05) is 6.07 Å². The lowest BCUT2D eigenvalue weighted by molar-refractivity contribution is 0.0744. The first kappa shape index (κ1) is 16.3. The third-order valence-electron chi connectivity index (χ3n) is 5.00. The van der Waals surface area contributed by atoms with Gasteiger partial charge in [0.1, 0.15) is 6.07 Å². The molecular formula is C19H22N4O. The van der Waals surface area contributed by atoms with Crippen molar-refractivity contribution in [1.82, 2.24) is 14.7 Å². The molecule has 0 unspecified atom stereocenters. The van der Waals surface area contributed by atoms with Crippen LogP contribution in [-0.4, -0.2) is 27.1 Å². The second-order valence-corrected chi connectivity index (χ2v) is 6.57. The fourth-order valence-electron chi connectivity index (χ4n) is 3.39. The summed E-state index contributed by atoms with van der Waals surface area (Å²) in [6.07, 6.45) is 0.841. The Bertz CT molecular complexity index is 831. The van der Waals surface area contributed by atoms with Crippen LogP contribution in [0, 0.1) is 39.0 Å². The molecule has 0 bridgehead atoms. The highest BCUT2D eigenvalue weighted by molar-refractivity contribution is 5.97. The van der Waals surface area contributed by atoms with Crippen molar-refractivity contribution in [2.45, 2.75) is 47.2 Å². The lowest BCUT2D eigenvalue weighted by Gasteiger charge is -2.23. The van der Waals surface area contributed by atoms with Crippen molar-refractivity contribution in [3.05, 3.63) is 51.3 Å². The van der Waals surface area contributed by atoms with Gasteiger partial charge in [0.15, 0.2) is 5.69 Å². The number of nitriles is 1. The monoisotopic (exact) mass is 322 g/mol. The van der Waals surface area contributed by atoms with Crippen molar-refractivity contribution in [2.24, 2.45) is 0 Å². The van der Waals surface area contributed by atoms with Gasteiger partial charge in [-0.2, -0.15) is 10.4 Å². The van der Waals surface area contributed by atoms with Gasteiger partial charge >= 0.3 is 0 Å². The molecule has 0 fully saturated rings. The van der Waals surface area contributed by atoms with Crippen LogP contribution < -0.4 is 0 Å². The van der Waals surface area contributed by atoms with Gasteiger partial charge in [0.2, 0.25) is 0 Å². The number of hydrogen-bond donors (Lipinski definition) is 0. The molecule has 1 aliphatic heterocycles. The van der Waals surface area contributed by atoms with Crippen LogP contribution >= 0.6 is 0 Å². The number of amides is 1. The van der Waals surface area contributed by atoms with Gasteiger partial charge in [0.25, 0.3) is 5.91 Å². The topological polar surface area (TPSA) is 61.9 Å². The lowest BCUT2D eigenvalue weighted by Crippen LogP contribution is -2.32. The molecule has 24 heavy (non-hydrogen) atoms. The molecule has 1 amide bonds. The number of hydrogen-bond acceptors (Lipinski definition) is 3. The minimum Gasteiger partial charge on any atom is -0.333 e. The second-order valence-electron chi connectivity index (χ2n) is 6.57. The molecule has 2 heterocycles. The summed E-state index contributed by atoms with van der Waals surface area (Å²) in [4.78, 5) is 15.1. The van der Waals surface area contributed by atoms with E-state index in [0.717, 1.165) is 46.5 Å². The Morgan fingerprint density at radius 2 is 1.79 bits per heavy atom. The molecule has 1 aliphatic rings. The van der Waals surface area contributed by atoms with E-state index >= 15 is 0 Å². The van der Waals surface area contributed by atoms with Gasteiger partial charge < -0.3 is 4.90 Å². The van der Waals surface area contributed by atoms with Crippen LogP contribution in [0.4, 0.5) is 0 Å². The predicted molar refractivity (Wildman–Crippen MR) is 91.7 cm³/mol. The molecule has 0 atom stereocenters. The third kappa shape index (κ3) is 2.69. The van der Waals surface area contributed by atoms with E-state index in [2.05, 4.69) is 31.1 Å². The SMILES string of the molecule is Cc1cc(C)c(C)c(C(=O)N2CCCn3nc(C#N)cc3C2)c1C. The molecule has 5 heteroatoms. The predicted octanol–water partition coefficient (Wildman–Crippen LogP) is 3.03. The van der Waals surface area contributed by atoms with Gasteiger partial charge in [0.05, 0.1) is 12.2 Å². The van der Waals surface area contributed by atoms with E-state index in [1.807, 2.05) is 23.4 Å².